The molecular weight excluding hydrogens is 295 g/mol. The van der Waals surface area contributed by atoms with Gasteiger partial charge in [-0.2, -0.15) is 17.5 Å². The van der Waals surface area contributed by atoms with Gasteiger partial charge >= 0.3 is 18.1 Å². The van der Waals surface area contributed by atoms with Crippen LogP contribution in [0.15, 0.2) is 0 Å². The zero-order valence-corrected chi connectivity index (χ0v) is 10.8. The fourth-order valence-corrected chi connectivity index (χ4v) is 2.50. The Bertz CT molecular complexity index is 446. The lowest BCUT2D eigenvalue weighted by Gasteiger charge is -2.24. The highest BCUT2D eigenvalue weighted by atomic mass is 32.2. The third-order valence-electron chi connectivity index (χ3n) is 2.01. The Morgan fingerprint density at radius 3 is 2.16 bits per heavy atom. The summed E-state index contributed by atoms with van der Waals surface area (Å²) in [5.74, 6) is -3.05. The lowest BCUT2D eigenvalue weighted by atomic mass is 10.5. The van der Waals surface area contributed by atoms with Crippen molar-refractivity contribution in [3.05, 3.63) is 0 Å². The number of halogens is 3. The van der Waals surface area contributed by atoms with Crippen LogP contribution < -0.4 is 0 Å². The highest BCUT2D eigenvalue weighted by Crippen LogP contribution is 2.20. The van der Waals surface area contributed by atoms with Gasteiger partial charge in [0.15, 0.2) is 5.25 Å². The highest BCUT2D eigenvalue weighted by Gasteiger charge is 2.42. The van der Waals surface area contributed by atoms with Crippen LogP contribution in [-0.2, 0) is 24.3 Å². The molecule has 0 fully saturated rings. The molecule has 0 saturated heterocycles. The van der Waals surface area contributed by atoms with Gasteiger partial charge in [0, 0.05) is 0 Å². The summed E-state index contributed by atoms with van der Waals surface area (Å²) in [4.78, 5) is 21.5. The number of carbonyl (C=O) groups excluding carboxylic acids is 1. The number of ether oxygens (including phenoxy) is 1. The minimum atomic E-state index is -4.93. The first-order valence-electron chi connectivity index (χ1n) is 4.77. The van der Waals surface area contributed by atoms with E-state index in [9.17, 15) is 31.2 Å². The smallest absolute Gasteiger partial charge is 0.402 e. The fourth-order valence-electron chi connectivity index (χ4n) is 1.10. The summed E-state index contributed by atoms with van der Waals surface area (Å²) in [6.45, 7) is -2.58. The van der Waals surface area contributed by atoms with E-state index in [2.05, 4.69) is 4.74 Å². The Morgan fingerprint density at radius 2 is 1.84 bits per heavy atom. The zero-order valence-electron chi connectivity index (χ0n) is 9.97. The molecule has 0 aliphatic heterocycles. The molecule has 0 amide bonds. The molecule has 1 N–H and O–H groups in total. The van der Waals surface area contributed by atoms with Gasteiger partial charge in [-0.15, -0.1) is 0 Å². The molecule has 0 aromatic carbocycles. The molecule has 1 unspecified atom stereocenters. The van der Waals surface area contributed by atoms with Gasteiger partial charge in [0.1, 0.15) is 13.1 Å². The summed E-state index contributed by atoms with van der Waals surface area (Å²) >= 11 is 0. The van der Waals surface area contributed by atoms with E-state index in [0.717, 1.165) is 14.0 Å². The van der Waals surface area contributed by atoms with Crippen LogP contribution in [0.1, 0.15) is 6.92 Å². The number of carboxylic acid groups (broad SMARTS) is 1. The third kappa shape index (κ3) is 5.42. The van der Waals surface area contributed by atoms with Crippen LogP contribution in [0.2, 0.25) is 0 Å². The molecule has 0 aliphatic carbocycles. The lowest BCUT2D eigenvalue weighted by molar-refractivity contribution is -0.147. The van der Waals surface area contributed by atoms with E-state index >= 15 is 0 Å². The number of sulfonamides is 1. The Hall–Kier alpha value is -1.36. The topological polar surface area (TPSA) is 101 Å². The molecule has 112 valence electrons. The van der Waals surface area contributed by atoms with E-state index in [4.69, 9.17) is 5.11 Å². The van der Waals surface area contributed by atoms with Gasteiger partial charge in [-0.3, -0.25) is 9.59 Å². The van der Waals surface area contributed by atoms with E-state index < -0.39 is 46.5 Å². The number of aliphatic carboxylic acids is 1. The first kappa shape index (κ1) is 17.6. The summed E-state index contributed by atoms with van der Waals surface area (Å²) in [6, 6.07) is 0. The third-order valence-corrected chi connectivity index (χ3v) is 4.07. The van der Waals surface area contributed by atoms with Gasteiger partial charge in [0.25, 0.3) is 0 Å². The van der Waals surface area contributed by atoms with Crippen LogP contribution in [0.5, 0.6) is 0 Å². The van der Waals surface area contributed by atoms with Gasteiger partial charge in [0.05, 0.1) is 7.11 Å². The SMILES string of the molecule is COC(=O)C(C)S(=O)(=O)N(CC(=O)O)CC(F)(F)F. The van der Waals surface area contributed by atoms with Crippen molar-refractivity contribution in [3.8, 4) is 0 Å². The predicted molar refractivity (Wildman–Crippen MR) is 55.7 cm³/mol. The number of carbonyl (C=O) groups is 2. The molecule has 0 aliphatic rings. The van der Waals surface area contributed by atoms with Gasteiger partial charge in [-0.05, 0) is 6.92 Å². The molecule has 0 spiro atoms. The largest absolute Gasteiger partial charge is 0.480 e. The number of nitrogens with zero attached hydrogens (tertiary/aromatic N) is 1. The summed E-state index contributed by atoms with van der Waals surface area (Å²) in [6.07, 6.45) is -4.93. The second-order valence-corrected chi connectivity index (χ2v) is 5.74. The molecular formula is C8H12F3NO6S. The number of methoxy groups -OCH3 is 1. The Labute approximate surface area is 107 Å². The predicted octanol–water partition coefficient (Wildman–Crippen LogP) is -0.173. The van der Waals surface area contributed by atoms with Crippen molar-refractivity contribution in [2.75, 3.05) is 20.2 Å². The number of alkyl halides is 3. The molecule has 7 nitrogen and oxygen atoms in total. The standard InChI is InChI=1S/C8H12F3NO6S/c1-5(7(15)18-2)19(16,17)12(3-6(13)14)4-8(9,10)11/h5H,3-4H2,1-2H3,(H,13,14). The van der Waals surface area contributed by atoms with Crippen molar-refractivity contribution in [3.63, 3.8) is 0 Å². The maximum atomic E-state index is 12.2. The van der Waals surface area contributed by atoms with E-state index in [1.807, 2.05) is 0 Å². The molecule has 11 heteroatoms. The van der Waals surface area contributed by atoms with Crippen LogP contribution in [-0.4, -0.2) is 61.4 Å². The molecule has 19 heavy (non-hydrogen) atoms. The van der Waals surface area contributed by atoms with Crippen molar-refractivity contribution in [1.29, 1.82) is 0 Å². The molecule has 0 rings (SSSR count). The summed E-state index contributed by atoms with van der Waals surface area (Å²) < 4.78 is 63.9. The fraction of sp³-hybridized carbons (Fsp3) is 0.750. The molecule has 0 radical (unpaired) electrons. The Balaban J connectivity index is 5.34. The Kier molecular flexibility index (Phi) is 5.75. The average Bonchev–Trinajstić information content (AvgIpc) is 2.23. The highest BCUT2D eigenvalue weighted by molar-refractivity contribution is 7.90. The summed E-state index contributed by atoms with van der Waals surface area (Å²) in [5, 5.41) is 6.50. The molecule has 0 heterocycles. The number of esters is 1. The van der Waals surface area contributed by atoms with Crippen LogP contribution in [0.3, 0.4) is 0 Å². The molecule has 0 aromatic heterocycles. The maximum Gasteiger partial charge on any atom is 0.402 e. The van der Waals surface area contributed by atoms with Gasteiger partial charge in [-0.25, -0.2) is 8.42 Å². The Morgan fingerprint density at radius 1 is 1.37 bits per heavy atom. The van der Waals surface area contributed by atoms with Crippen molar-refractivity contribution in [2.45, 2.75) is 18.3 Å². The number of carboxylic acids is 1. The number of hydrogen-bond donors (Lipinski definition) is 1. The molecule has 1 atom stereocenters. The van der Waals surface area contributed by atoms with Crippen molar-refractivity contribution < 1.29 is 41.0 Å². The van der Waals surface area contributed by atoms with Gasteiger partial charge < -0.3 is 9.84 Å². The van der Waals surface area contributed by atoms with E-state index in [1.165, 1.54) is 0 Å². The van der Waals surface area contributed by atoms with Crippen LogP contribution >= 0.6 is 0 Å². The normalized spacial score (nSPS) is 14.2. The van der Waals surface area contributed by atoms with Gasteiger partial charge in [0.2, 0.25) is 10.0 Å². The van der Waals surface area contributed by atoms with Crippen LogP contribution in [0, 0.1) is 0 Å². The number of hydrogen-bond acceptors (Lipinski definition) is 5. The molecule has 0 aromatic rings. The lowest BCUT2D eigenvalue weighted by Crippen LogP contribution is -2.47. The van der Waals surface area contributed by atoms with Crippen molar-refractivity contribution in [1.82, 2.24) is 4.31 Å². The first-order chi connectivity index (χ1) is 8.41. The maximum absolute atomic E-state index is 12.2. The zero-order chi connectivity index (χ0) is 15.4. The second kappa shape index (κ2) is 6.19. The van der Waals surface area contributed by atoms with Crippen molar-refractivity contribution >= 4 is 22.0 Å². The first-order valence-corrected chi connectivity index (χ1v) is 6.27. The van der Waals surface area contributed by atoms with E-state index in [0.29, 0.717) is 0 Å². The summed E-state index contributed by atoms with van der Waals surface area (Å²) in [5.41, 5.74) is 0. The average molecular weight is 307 g/mol. The van der Waals surface area contributed by atoms with E-state index in [1.54, 1.807) is 0 Å². The van der Waals surface area contributed by atoms with Crippen LogP contribution in [0.4, 0.5) is 13.2 Å². The monoisotopic (exact) mass is 307 g/mol. The second-order valence-electron chi connectivity index (χ2n) is 3.49. The quantitative estimate of drug-likeness (QED) is 0.684. The minimum absolute atomic E-state index is 0.323. The molecule has 0 bridgehead atoms. The van der Waals surface area contributed by atoms with Crippen LogP contribution in [0.25, 0.3) is 0 Å². The minimum Gasteiger partial charge on any atom is -0.480 e. The van der Waals surface area contributed by atoms with Crippen molar-refractivity contribution in [2.24, 2.45) is 0 Å². The summed E-state index contributed by atoms with van der Waals surface area (Å²) in [7, 11) is -3.92. The number of rotatable bonds is 6. The molecule has 0 saturated carbocycles. The van der Waals surface area contributed by atoms with Gasteiger partial charge in [-0.1, -0.05) is 0 Å². The van der Waals surface area contributed by atoms with E-state index in [-0.39, 0.29) is 4.31 Å².